The number of rotatable bonds is 7. The topological polar surface area (TPSA) is 81.1 Å². The highest BCUT2D eigenvalue weighted by atomic mass is 16.5. The van der Waals surface area contributed by atoms with Gasteiger partial charge in [0.25, 0.3) is 5.91 Å². The smallest absolute Gasteiger partial charge is 0.331 e. The highest BCUT2D eigenvalue weighted by molar-refractivity contribution is 6.03. The molecule has 2 heterocycles. The van der Waals surface area contributed by atoms with Crippen molar-refractivity contribution < 1.29 is 19.1 Å². The largest absolute Gasteiger partial charge is 0.497 e. The second kappa shape index (κ2) is 10.9. The number of amides is 1. The van der Waals surface area contributed by atoms with Crippen molar-refractivity contribution in [3.8, 4) is 5.75 Å². The van der Waals surface area contributed by atoms with E-state index in [1.807, 2.05) is 84.9 Å². The second-order valence-corrected chi connectivity index (χ2v) is 8.51. The molecule has 4 aromatic rings. The van der Waals surface area contributed by atoms with Gasteiger partial charge in [0.15, 0.2) is 6.61 Å². The quantitative estimate of drug-likeness (QED) is 0.263. The van der Waals surface area contributed by atoms with Crippen LogP contribution in [0.4, 0.5) is 0 Å². The average Bonchev–Trinajstić information content (AvgIpc) is 3.41. The minimum Gasteiger partial charge on any atom is -0.497 e. The van der Waals surface area contributed by atoms with Crippen molar-refractivity contribution in [3.05, 3.63) is 114 Å². The summed E-state index contributed by atoms with van der Waals surface area (Å²) >= 11 is 0. The number of carbonyl (C=O) groups excluding carboxylic acids is 2. The molecule has 3 aromatic carbocycles. The van der Waals surface area contributed by atoms with Crippen LogP contribution in [0.15, 0.2) is 102 Å². The molecule has 1 unspecified atom stereocenters. The number of pyridine rings is 1. The van der Waals surface area contributed by atoms with Gasteiger partial charge < -0.3 is 9.47 Å². The lowest BCUT2D eigenvalue weighted by molar-refractivity contribution is -0.149. The predicted octanol–water partition coefficient (Wildman–Crippen LogP) is 5.18. The van der Waals surface area contributed by atoms with E-state index >= 15 is 0 Å². The molecule has 7 nitrogen and oxygen atoms in total. The minimum atomic E-state index is -0.617. The Labute approximate surface area is 214 Å². The standard InChI is InChI=1S/C30H25N3O4/c1-36-25-15-12-22(13-16-25)27-19-26(21-7-3-2-4-8-21)32-33(27)28(34)20-37-29(35)17-14-24-10-5-9-23-11-6-18-31-30(23)24/h2-18,27H,19-20H2,1H3/b17-14+. The fourth-order valence-corrected chi connectivity index (χ4v) is 4.30. The number of methoxy groups -OCH3 is 1. The van der Waals surface area contributed by atoms with Crippen molar-refractivity contribution in [2.45, 2.75) is 12.5 Å². The second-order valence-electron chi connectivity index (χ2n) is 8.51. The van der Waals surface area contributed by atoms with Crippen LogP contribution in [-0.4, -0.2) is 41.3 Å². The number of carbonyl (C=O) groups is 2. The number of ether oxygens (including phenoxy) is 2. The molecule has 0 spiro atoms. The third-order valence-electron chi connectivity index (χ3n) is 6.17. The van der Waals surface area contributed by atoms with E-state index in [2.05, 4.69) is 10.1 Å². The fourth-order valence-electron chi connectivity index (χ4n) is 4.30. The normalized spacial score (nSPS) is 15.1. The monoisotopic (exact) mass is 491 g/mol. The van der Waals surface area contributed by atoms with Gasteiger partial charge in [-0.3, -0.25) is 9.78 Å². The highest BCUT2D eigenvalue weighted by Gasteiger charge is 2.33. The number of fused-ring (bicyclic) bond motifs is 1. The van der Waals surface area contributed by atoms with Gasteiger partial charge in [-0.05, 0) is 35.4 Å². The maximum absolute atomic E-state index is 13.2. The Morgan fingerprint density at radius 3 is 2.54 bits per heavy atom. The molecular formula is C30H25N3O4. The van der Waals surface area contributed by atoms with Gasteiger partial charge in [-0.15, -0.1) is 0 Å². The Kier molecular flexibility index (Phi) is 7.03. The average molecular weight is 492 g/mol. The number of esters is 1. The Balaban J connectivity index is 1.30. The molecule has 1 aliphatic heterocycles. The van der Waals surface area contributed by atoms with Crippen LogP contribution in [-0.2, 0) is 14.3 Å². The van der Waals surface area contributed by atoms with Crippen LogP contribution < -0.4 is 4.74 Å². The van der Waals surface area contributed by atoms with Crippen molar-refractivity contribution in [1.29, 1.82) is 0 Å². The summed E-state index contributed by atoms with van der Waals surface area (Å²) in [6.07, 6.45) is 5.20. The number of aromatic nitrogens is 1. The summed E-state index contributed by atoms with van der Waals surface area (Å²) in [6.45, 7) is -0.421. The highest BCUT2D eigenvalue weighted by Crippen LogP contribution is 2.33. The van der Waals surface area contributed by atoms with E-state index in [1.54, 1.807) is 19.4 Å². The Morgan fingerprint density at radius 1 is 0.973 bits per heavy atom. The van der Waals surface area contributed by atoms with Crippen LogP contribution in [0.5, 0.6) is 5.75 Å². The van der Waals surface area contributed by atoms with Crippen LogP contribution in [0.2, 0.25) is 0 Å². The fraction of sp³-hybridized carbons (Fsp3) is 0.133. The number of benzene rings is 3. The SMILES string of the molecule is COc1ccc(C2CC(c3ccccc3)=NN2C(=O)COC(=O)/C=C/c2cccc3cccnc23)cc1. The molecule has 1 aromatic heterocycles. The summed E-state index contributed by atoms with van der Waals surface area (Å²) in [5.74, 6) is -0.292. The van der Waals surface area contributed by atoms with Crippen molar-refractivity contribution in [3.63, 3.8) is 0 Å². The van der Waals surface area contributed by atoms with E-state index < -0.39 is 18.5 Å². The van der Waals surface area contributed by atoms with Gasteiger partial charge in [0.2, 0.25) is 0 Å². The lowest BCUT2D eigenvalue weighted by atomic mass is 9.98. The minimum absolute atomic E-state index is 0.315. The van der Waals surface area contributed by atoms with Crippen molar-refractivity contribution in [2.75, 3.05) is 13.7 Å². The van der Waals surface area contributed by atoms with Crippen LogP contribution in [0.3, 0.4) is 0 Å². The zero-order valence-corrected chi connectivity index (χ0v) is 20.3. The van der Waals surface area contributed by atoms with Gasteiger partial charge in [-0.2, -0.15) is 5.10 Å². The first-order chi connectivity index (χ1) is 18.1. The lowest BCUT2D eigenvalue weighted by Gasteiger charge is -2.22. The molecule has 37 heavy (non-hydrogen) atoms. The van der Waals surface area contributed by atoms with Gasteiger partial charge in [0.1, 0.15) is 5.75 Å². The van der Waals surface area contributed by atoms with E-state index in [9.17, 15) is 9.59 Å². The van der Waals surface area contributed by atoms with Crippen molar-refractivity contribution >= 4 is 34.6 Å². The Bertz CT molecular complexity index is 1470. The molecule has 184 valence electrons. The summed E-state index contributed by atoms with van der Waals surface area (Å²) in [5.41, 5.74) is 4.23. The number of hydrazone groups is 1. The number of nitrogens with zero attached hydrogens (tertiary/aromatic N) is 3. The van der Waals surface area contributed by atoms with Gasteiger partial charge in [-0.1, -0.05) is 66.7 Å². The summed E-state index contributed by atoms with van der Waals surface area (Å²) in [6, 6.07) is 26.5. The summed E-state index contributed by atoms with van der Waals surface area (Å²) in [4.78, 5) is 30.0. The van der Waals surface area contributed by atoms with Crippen molar-refractivity contribution in [2.24, 2.45) is 5.10 Å². The molecule has 0 N–H and O–H groups in total. The van der Waals surface area contributed by atoms with Crippen LogP contribution in [0.1, 0.15) is 29.2 Å². The first-order valence-corrected chi connectivity index (χ1v) is 11.9. The maximum atomic E-state index is 13.2. The van der Waals surface area contributed by atoms with E-state index in [0.717, 1.165) is 39.1 Å². The first-order valence-electron chi connectivity index (χ1n) is 11.9. The summed E-state index contributed by atoms with van der Waals surface area (Å²) < 4.78 is 10.5. The lowest BCUT2D eigenvalue weighted by Crippen LogP contribution is -2.31. The molecule has 0 saturated carbocycles. The third kappa shape index (κ3) is 5.41. The molecular weight excluding hydrogens is 466 g/mol. The molecule has 0 fully saturated rings. The Hall–Kier alpha value is -4.78. The number of hydrogen-bond acceptors (Lipinski definition) is 6. The zero-order chi connectivity index (χ0) is 25.6. The van der Waals surface area contributed by atoms with Crippen LogP contribution in [0, 0.1) is 0 Å². The molecule has 1 aliphatic rings. The Morgan fingerprint density at radius 2 is 1.76 bits per heavy atom. The molecule has 5 rings (SSSR count). The summed E-state index contributed by atoms with van der Waals surface area (Å²) in [7, 11) is 1.61. The van der Waals surface area contributed by atoms with Gasteiger partial charge in [0.05, 0.1) is 24.4 Å². The van der Waals surface area contributed by atoms with E-state index in [0.29, 0.717) is 6.42 Å². The van der Waals surface area contributed by atoms with Crippen LogP contribution >= 0.6 is 0 Å². The van der Waals surface area contributed by atoms with E-state index in [1.165, 1.54) is 11.1 Å². The molecule has 0 radical (unpaired) electrons. The number of para-hydroxylation sites is 1. The van der Waals surface area contributed by atoms with Crippen LogP contribution in [0.25, 0.3) is 17.0 Å². The first kappa shape index (κ1) is 23.9. The van der Waals surface area contributed by atoms with Gasteiger partial charge in [0, 0.05) is 29.6 Å². The molecule has 1 atom stereocenters. The van der Waals surface area contributed by atoms with E-state index in [4.69, 9.17) is 9.47 Å². The third-order valence-corrected chi connectivity index (χ3v) is 6.17. The molecule has 7 heteroatoms. The predicted molar refractivity (Wildman–Crippen MR) is 142 cm³/mol. The zero-order valence-electron chi connectivity index (χ0n) is 20.3. The molecule has 0 bridgehead atoms. The van der Waals surface area contributed by atoms with Gasteiger partial charge in [-0.25, -0.2) is 9.80 Å². The number of hydrogen-bond donors (Lipinski definition) is 0. The molecule has 1 amide bonds. The van der Waals surface area contributed by atoms with Crippen molar-refractivity contribution in [1.82, 2.24) is 9.99 Å². The molecule has 0 aliphatic carbocycles. The maximum Gasteiger partial charge on any atom is 0.331 e. The molecule has 0 saturated heterocycles. The summed E-state index contributed by atoms with van der Waals surface area (Å²) in [5, 5.41) is 7.00. The van der Waals surface area contributed by atoms with Gasteiger partial charge >= 0.3 is 5.97 Å². The van der Waals surface area contributed by atoms with E-state index in [-0.39, 0.29) is 6.04 Å².